The molecular weight excluding hydrogens is 751 g/mol. The normalized spacial score (nSPS) is 22.3. The van der Waals surface area contributed by atoms with E-state index in [0.29, 0.717) is 11.5 Å². The quantitative estimate of drug-likeness (QED) is 0.140. The van der Waals surface area contributed by atoms with Crippen LogP contribution in [0.4, 0.5) is 4.79 Å². The number of hydrogen-bond acceptors (Lipinski definition) is 11. The number of hydrogen-bond donors (Lipinski definition) is 2. The second kappa shape index (κ2) is 15.8. The molecule has 15 nitrogen and oxygen atoms in total. The lowest BCUT2D eigenvalue weighted by molar-refractivity contribution is -0.178. The molecule has 0 aromatic heterocycles. The van der Waals surface area contributed by atoms with Crippen LogP contribution in [0, 0.1) is 0 Å². The van der Waals surface area contributed by atoms with Gasteiger partial charge in [0.25, 0.3) is 5.91 Å². The lowest BCUT2D eigenvalue weighted by Gasteiger charge is -2.40. The van der Waals surface area contributed by atoms with Gasteiger partial charge in [0.1, 0.15) is 29.4 Å². The fraction of sp³-hybridized carbons (Fsp3) is 0.415. The third-order valence-electron chi connectivity index (χ3n) is 10.7. The number of nitrogens with zero attached hydrogens (tertiary/aromatic N) is 3. The van der Waals surface area contributed by atoms with E-state index in [9.17, 15) is 19.2 Å². The third kappa shape index (κ3) is 7.94. The average Bonchev–Trinajstić information content (AvgIpc) is 3.67. The minimum absolute atomic E-state index is 0.0556. The van der Waals surface area contributed by atoms with Crippen LogP contribution in [0.3, 0.4) is 0 Å². The molecule has 16 heteroatoms. The largest absolute Gasteiger partial charge is 0.497 e. The standard InChI is InChI=1S/C41H49N5O10Si/c1-25(47)42-37-44-36(49)35-41(45-37,55-26(2)48)46(38(50)43-35)34-23-32(56-57(8,9)39(3,4)5)33(54-34)24-53-40(27-13-11-10-12-14-27,28-15-19-30(51-6)20-16-28)29-17-21-31(52-7)22-18-29/h10-22,32-34H,23-24H2,1-9H3,(H2,42,44,45,47,49)/t32-,33+,34+,41+/m0/s1. The smallest absolute Gasteiger partial charge is 0.351 e. The first-order valence-electron chi connectivity index (χ1n) is 18.6. The topological polar surface area (TPSA) is 176 Å². The molecule has 302 valence electrons. The van der Waals surface area contributed by atoms with E-state index >= 15 is 0 Å². The van der Waals surface area contributed by atoms with Crippen molar-refractivity contribution in [3.63, 3.8) is 0 Å². The number of guanidine groups is 1. The van der Waals surface area contributed by atoms with Crippen molar-refractivity contribution < 1.29 is 47.3 Å². The Bertz CT molecular complexity index is 2020. The highest BCUT2D eigenvalue weighted by Gasteiger charge is 2.63. The number of fused-ring (bicyclic) bond motifs is 1. The summed E-state index contributed by atoms with van der Waals surface area (Å²) in [7, 11) is 0.681. The molecule has 2 N–H and O–H groups in total. The van der Waals surface area contributed by atoms with Crippen LogP contribution in [0.1, 0.15) is 57.7 Å². The molecule has 57 heavy (non-hydrogen) atoms. The Morgan fingerprint density at radius 3 is 1.98 bits per heavy atom. The first-order valence-corrected chi connectivity index (χ1v) is 21.5. The van der Waals surface area contributed by atoms with Crippen molar-refractivity contribution in [1.29, 1.82) is 0 Å². The molecule has 3 aromatic carbocycles. The highest BCUT2D eigenvalue weighted by molar-refractivity contribution is 6.74. The first kappa shape index (κ1) is 41.2. The van der Waals surface area contributed by atoms with Gasteiger partial charge in [0.15, 0.2) is 8.32 Å². The van der Waals surface area contributed by atoms with Gasteiger partial charge in [0.05, 0.1) is 26.9 Å². The molecule has 4 amide bonds. The Morgan fingerprint density at radius 2 is 1.47 bits per heavy atom. The molecule has 0 saturated carbocycles. The van der Waals surface area contributed by atoms with Gasteiger partial charge in [0.2, 0.25) is 17.6 Å². The summed E-state index contributed by atoms with van der Waals surface area (Å²) in [5.74, 6) is -3.67. The summed E-state index contributed by atoms with van der Waals surface area (Å²) < 4.78 is 37.7. The Kier molecular flexibility index (Phi) is 11.5. The summed E-state index contributed by atoms with van der Waals surface area (Å²) in [5.41, 5.74) is 0.729. The Labute approximate surface area is 332 Å². The minimum Gasteiger partial charge on any atom is -0.497 e. The van der Waals surface area contributed by atoms with Gasteiger partial charge >= 0.3 is 17.8 Å². The van der Waals surface area contributed by atoms with E-state index in [4.69, 9.17) is 28.1 Å². The van der Waals surface area contributed by atoms with Crippen molar-refractivity contribution in [2.75, 3.05) is 20.8 Å². The number of nitrogens with one attached hydrogen (secondary N) is 2. The van der Waals surface area contributed by atoms with Crippen molar-refractivity contribution in [2.24, 2.45) is 9.98 Å². The molecule has 3 aliphatic rings. The highest BCUT2D eigenvalue weighted by atomic mass is 28.4. The Morgan fingerprint density at radius 1 is 0.912 bits per heavy atom. The fourth-order valence-electron chi connectivity index (χ4n) is 6.95. The highest BCUT2D eigenvalue weighted by Crippen LogP contribution is 2.45. The molecule has 0 unspecified atom stereocenters. The van der Waals surface area contributed by atoms with E-state index in [-0.39, 0.29) is 24.0 Å². The zero-order valence-corrected chi connectivity index (χ0v) is 34.6. The monoisotopic (exact) mass is 799 g/mol. The van der Waals surface area contributed by atoms with Crippen LogP contribution in [-0.2, 0) is 38.6 Å². The van der Waals surface area contributed by atoms with Crippen molar-refractivity contribution in [3.05, 3.63) is 95.6 Å². The van der Waals surface area contributed by atoms with Crippen molar-refractivity contribution >= 4 is 43.8 Å². The molecule has 4 atom stereocenters. The van der Waals surface area contributed by atoms with Gasteiger partial charge in [-0.3, -0.25) is 25.0 Å². The van der Waals surface area contributed by atoms with Gasteiger partial charge in [0, 0.05) is 20.3 Å². The molecule has 3 aliphatic heterocycles. The number of carbonyl (C=O) groups is 4. The van der Waals surface area contributed by atoms with Gasteiger partial charge in [-0.05, 0) is 59.1 Å². The molecule has 0 radical (unpaired) electrons. The molecule has 0 bridgehead atoms. The fourth-order valence-corrected chi connectivity index (χ4v) is 8.31. The van der Waals surface area contributed by atoms with Gasteiger partial charge in [-0.25, -0.2) is 9.69 Å². The molecule has 1 fully saturated rings. The summed E-state index contributed by atoms with van der Waals surface area (Å²) in [6.45, 7) is 12.8. The van der Waals surface area contributed by atoms with Crippen LogP contribution in [0.2, 0.25) is 18.1 Å². The first-order chi connectivity index (χ1) is 26.9. The van der Waals surface area contributed by atoms with E-state index in [1.165, 1.54) is 6.92 Å². The van der Waals surface area contributed by atoms with Crippen LogP contribution in [0.5, 0.6) is 11.5 Å². The van der Waals surface area contributed by atoms with Gasteiger partial charge in [-0.15, -0.1) is 0 Å². The number of amides is 4. The summed E-state index contributed by atoms with van der Waals surface area (Å²) in [5, 5.41) is 4.59. The molecule has 0 spiro atoms. The summed E-state index contributed by atoms with van der Waals surface area (Å²) in [4.78, 5) is 61.3. The van der Waals surface area contributed by atoms with Crippen LogP contribution in [-0.4, -0.2) is 93.8 Å². The summed E-state index contributed by atoms with van der Waals surface area (Å²) in [6.07, 6.45) is -2.57. The van der Waals surface area contributed by atoms with Crippen molar-refractivity contribution in [1.82, 2.24) is 15.5 Å². The minimum atomic E-state index is -2.53. The van der Waals surface area contributed by atoms with Crippen molar-refractivity contribution in [2.45, 2.75) is 89.1 Å². The SMILES string of the molecule is COc1ccc(C(OC[C@H]2O[C@@H](N3C(=O)N=C4C(=O)NC(NC(C)=O)=N[C@]43OC(C)=O)C[C@@H]2O[Si](C)(C)C(C)(C)C)(c2ccccc2)c2ccc(OC)cc2)cc1. The number of rotatable bonds is 12. The van der Waals surface area contributed by atoms with E-state index in [1.54, 1.807) is 14.2 Å². The molecular formula is C41H49N5O10Si. The Balaban J connectivity index is 1.46. The van der Waals surface area contributed by atoms with Gasteiger partial charge < -0.3 is 28.1 Å². The Hall–Kier alpha value is -5.42. The maximum Gasteiger partial charge on any atom is 0.351 e. The predicted molar refractivity (Wildman–Crippen MR) is 212 cm³/mol. The molecule has 1 saturated heterocycles. The van der Waals surface area contributed by atoms with E-state index in [0.717, 1.165) is 28.5 Å². The molecule has 3 heterocycles. The van der Waals surface area contributed by atoms with E-state index in [2.05, 4.69) is 54.5 Å². The number of ether oxygens (including phenoxy) is 5. The lowest BCUT2D eigenvalue weighted by atomic mass is 9.80. The van der Waals surface area contributed by atoms with Crippen LogP contribution in [0.15, 0.2) is 88.8 Å². The number of urea groups is 1. The zero-order valence-electron chi connectivity index (χ0n) is 33.6. The maximum absolute atomic E-state index is 13.9. The second-order valence-electron chi connectivity index (χ2n) is 15.5. The van der Waals surface area contributed by atoms with Gasteiger partial charge in [-0.1, -0.05) is 75.4 Å². The molecule has 6 rings (SSSR count). The van der Waals surface area contributed by atoms with Crippen molar-refractivity contribution in [3.8, 4) is 11.5 Å². The molecule has 3 aromatic rings. The zero-order chi connectivity index (χ0) is 41.3. The van der Waals surface area contributed by atoms with Crippen LogP contribution in [0.25, 0.3) is 0 Å². The third-order valence-corrected chi connectivity index (χ3v) is 15.2. The predicted octanol–water partition coefficient (Wildman–Crippen LogP) is 5.23. The van der Waals surface area contributed by atoms with Crippen LogP contribution >= 0.6 is 0 Å². The summed E-state index contributed by atoms with van der Waals surface area (Å²) >= 11 is 0. The number of carbonyl (C=O) groups excluding carboxylic acids is 4. The van der Waals surface area contributed by atoms with E-state index < -0.39 is 67.7 Å². The number of methoxy groups -OCH3 is 2. The van der Waals surface area contributed by atoms with Crippen LogP contribution < -0.4 is 20.1 Å². The average molecular weight is 800 g/mol. The summed E-state index contributed by atoms with van der Waals surface area (Å²) in [6, 6.07) is 24.1. The maximum atomic E-state index is 13.9. The van der Waals surface area contributed by atoms with Gasteiger partial charge in [-0.2, -0.15) is 9.98 Å². The molecule has 0 aliphatic carbocycles. The number of aliphatic imine (C=N–C) groups is 2. The number of esters is 1. The van der Waals surface area contributed by atoms with E-state index in [1.807, 2.05) is 78.9 Å². The second-order valence-corrected chi connectivity index (χ2v) is 20.3. The number of benzene rings is 3. The lowest BCUT2D eigenvalue weighted by Crippen LogP contribution is -2.65.